The largest absolute Gasteiger partial charge is 0.391 e. The van der Waals surface area contributed by atoms with Crippen LogP contribution in [0.1, 0.15) is 25.7 Å². The first-order valence-corrected chi connectivity index (χ1v) is 8.38. The lowest BCUT2D eigenvalue weighted by atomic mass is 10.2. The Balaban J connectivity index is 1.56. The Hall–Kier alpha value is -0.990. The minimum absolute atomic E-state index is 0.0911. The molecule has 0 amide bonds. The Labute approximate surface area is 131 Å². The zero-order chi connectivity index (χ0) is 14.8. The fourth-order valence-electron chi connectivity index (χ4n) is 1.99. The van der Waals surface area contributed by atoms with Crippen molar-refractivity contribution in [3.63, 3.8) is 0 Å². The van der Waals surface area contributed by atoms with Gasteiger partial charge in [0, 0.05) is 23.7 Å². The summed E-state index contributed by atoms with van der Waals surface area (Å²) in [4.78, 5) is 1.17. The van der Waals surface area contributed by atoms with E-state index in [9.17, 15) is 5.11 Å². The molecule has 1 heterocycles. The third-order valence-corrected chi connectivity index (χ3v) is 4.28. The van der Waals surface area contributed by atoms with Crippen molar-refractivity contribution in [2.75, 3.05) is 19.0 Å². The molecule has 1 aromatic carbocycles. The second-order valence-corrected chi connectivity index (χ2v) is 6.04. The number of thioether (sulfide) groups is 1. The van der Waals surface area contributed by atoms with Crippen LogP contribution in [0.3, 0.4) is 0 Å². The SMILES string of the molecule is O[C@@H](CC#CCOC1CCCCO1)CSc1ccccc1. The van der Waals surface area contributed by atoms with Crippen LogP contribution in [0.2, 0.25) is 0 Å². The van der Waals surface area contributed by atoms with Crippen molar-refractivity contribution in [3.8, 4) is 11.8 Å². The lowest BCUT2D eigenvalue weighted by molar-refractivity contribution is -0.154. The predicted octanol–water partition coefficient (Wildman–Crippen LogP) is 3.08. The van der Waals surface area contributed by atoms with Crippen molar-refractivity contribution < 1.29 is 14.6 Å². The first-order valence-electron chi connectivity index (χ1n) is 7.39. The maximum absolute atomic E-state index is 9.87. The summed E-state index contributed by atoms with van der Waals surface area (Å²) in [5.41, 5.74) is 0. The maximum Gasteiger partial charge on any atom is 0.158 e. The fourth-order valence-corrected chi connectivity index (χ4v) is 2.84. The molecule has 0 saturated carbocycles. The second-order valence-electron chi connectivity index (χ2n) is 4.94. The molecule has 1 unspecified atom stereocenters. The van der Waals surface area contributed by atoms with E-state index in [1.54, 1.807) is 11.8 Å². The Morgan fingerprint density at radius 2 is 2.14 bits per heavy atom. The monoisotopic (exact) mass is 306 g/mol. The Morgan fingerprint density at radius 1 is 1.29 bits per heavy atom. The van der Waals surface area contributed by atoms with Gasteiger partial charge in [-0.1, -0.05) is 30.0 Å². The lowest BCUT2D eigenvalue weighted by Gasteiger charge is -2.21. The van der Waals surface area contributed by atoms with Gasteiger partial charge in [0.2, 0.25) is 0 Å². The molecule has 0 radical (unpaired) electrons. The summed E-state index contributed by atoms with van der Waals surface area (Å²) in [6, 6.07) is 10.1. The highest BCUT2D eigenvalue weighted by Crippen LogP contribution is 2.18. The van der Waals surface area contributed by atoms with Gasteiger partial charge in [-0.2, -0.15) is 0 Å². The van der Waals surface area contributed by atoms with Crippen LogP contribution >= 0.6 is 11.8 Å². The van der Waals surface area contributed by atoms with Crippen LogP contribution in [-0.2, 0) is 9.47 Å². The van der Waals surface area contributed by atoms with Crippen molar-refractivity contribution in [1.29, 1.82) is 0 Å². The van der Waals surface area contributed by atoms with Crippen LogP contribution in [0.15, 0.2) is 35.2 Å². The standard InChI is InChI=1S/C17H22O3S/c18-15(14-21-16-9-2-1-3-10-16)8-4-6-12-19-17-11-5-7-13-20-17/h1-3,9-10,15,17-18H,5,7-8,11-14H2/t15-,17?/m0/s1. The molecule has 1 fully saturated rings. The topological polar surface area (TPSA) is 38.7 Å². The minimum Gasteiger partial charge on any atom is -0.391 e. The zero-order valence-corrected chi connectivity index (χ0v) is 13.0. The number of benzene rings is 1. The first kappa shape index (κ1) is 16.4. The molecule has 1 N–H and O–H groups in total. The molecular formula is C17H22O3S. The van der Waals surface area contributed by atoms with Gasteiger partial charge in [-0.3, -0.25) is 0 Å². The van der Waals surface area contributed by atoms with Crippen molar-refractivity contribution in [2.45, 2.75) is 43.0 Å². The van der Waals surface area contributed by atoms with Crippen LogP contribution in [0.5, 0.6) is 0 Å². The molecule has 2 rings (SSSR count). The smallest absolute Gasteiger partial charge is 0.158 e. The summed E-state index contributed by atoms with van der Waals surface area (Å²) in [5, 5.41) is 9.87. The van der Waals surface area contributed by atoms with E-state index in [0.29, 0.717) is 18.8 Å². The molecule has 0 bridgehead atoms. The average Bonchev–Trinajstić information content (AvgIpc) is 2.54. The van der Waals surface area contributed by atoms with Crippen molar-refractivity contribution in [1.82, 2.24) is 0 Å². The molecule has 0 aliphatic carbocycles. The summed E-state index contributed by atoms with van der Waals surface area (Å²) in [5.74, 6) is 6.57. The van der Waals surface area contributed by atoms with Crippen LogP contribution in [0.25, 0.3) is 0 Å². The van der Waals surface area contributed by atoms with Crippen LogP contribution in [-0.4, -0.2) is 36.5 Å². The van der Waals surface area contributed by atoms with Gasteiger partial charge in [-0.25, -0.2) is 0 Å². The zero-order valence-electron chi connectivity index (χ0n) is 12.2. The lowest BCUT2D eigenvalue weighted by Crippen LogP contribution is -2.22. The number of aliphatic hydroxyl groups excluding tert-OH is 1. The molecule has 2 atom stereocenters. The van der Waals surface area contributed by atoms with Gasteiger partial charge in [0.25, 0.3) is 0 Å². The van der Waals surface area contributed by atoms with E-state index in [0.717, 1.165) is 25.9 Å². The van der Waals surface area contributed by atoms with Crippen LogP contribution in [0, 0.1) is 11.8 Å². The molecule has 3 nitrogen and oxygen atoms in total. The molecule has 114 valence electrons. The highest BCUT2D eigenvalue weighted by atomic mass is 32.2. The Morgan fingerprint density at radius 3 is 2.90 bits per heavy atom. The quantitative estimate of drug-likeness (QED) is 0.647. The average molecular weight is 306 g/mol. The summed E-state index contributed by atoms with van der Waals surface area (Å²) in [6.45, 7) is 1.16. The van der Waals surface area contributed by atoms with E-state index in [1.165, 1.54) is 4.90 Å². The molecule has 21 heavy (non-hydrogen) atoms. The fraction of sp³-hybridized carbons (Fsp3) is 0.529. The van der Waals surface area contributed by atoms with Gasteiger partial charge in [0.05, 0.1) is 6.10 Å². The molecular weight excluding hydrogens is 284 g/mol. The van der Waals surface area contributed by atoms with E-state index < -0.39 is 6.10 Å². The molecule has 4 heteroatoms. The second kappa shape index (κ2) is 9.86. The number of rotatable bonds is 6. The number of hydrogen-bond donors (Lipinski definition) is 1. The summed E-state index contributed by atoms with van der Waals surface area (Å²) < 4.78 is 11.0. The normalized spacial score (nSPS) is 19.6. The van der Waals surface area contributed by atoms with Gasteiger partial charge in [-0.15, -0.1) is 11.8 Å². The molecule has 1 aliphatic rings. The Bertz CT molecular complexity index is 446. The number of aliphatic hydroxyl groups is 1. The van der Waals surface area contributed by atoms with E-state index in [1.807, 2.05) is 30.3 Å². The molecule has 1 aromatic rings. The van der Waals surface area contributed by atoms with Gasteiger partial charge >= 0.3 is 0 Å². The van der Waals surface area contributed by atoms with E-state index >= 15 is 0 Å². The van der Waals surface area contributed by atoms with Crippen LogP contribution in [0.4, 0.5) is 0 Å². The summed E-state index contributed by atoms with van der Waals surface area (Å²) >= 11 is 1.65. The number of ether oxygens (including phenoxy) is 2. The van der Waals surface area contributed by atoms with Gasteiger partial charge < -0.3 is 14.6 Å². The van der Waals surface area contributed by atoms with Gasteiger partial charge in [-0.05, 0) is 31.4 Å². The van der Waals surface area contributed by atoms with Crippen molar-refractivity contribution in [3.05, 3.63) is 30.3 Å². The Kier molecular flexibility index (Phi) is 7.69. The number of hydrogen-bond acceptors (Lipinski definition) is 4. The predicted molar refractivity (Wildman–Crippen MR) is 85.1 cm³/mol. The molecule has 1 saturated heterocycles. The van der Waals surface area contributed by atoms with Crippen molar-refractivity contribution in [2.24, 2.45) is 0 Å². The van der Waals surface area contributed by atoms with Crippen molar-refractivity contribution >= 4 is 11.8 Å². The van der Waals surface area contributed by atoms with Gasteiger partial charge in [0.1, 0.15) is 6.61 Å². The van der Waals surface area contributed by atoms with E-state index in [4.69, 9.17) is 9.47 Å². The highest BCUT2D eigenvalue weighted by Gasteiger charge is 2.12. The van der Waals surface area contributed by atoms with Gasteiger partial charge in [0.15, 0.2) is 6.29 Å². The molecule has 0 aromatic heterocycles. The summed E-state index contributed by atoms with van der Waals surface area (Å²) in [6.07, 6.45) is 3.22. The highest BCUT2D eigenvalue weighted by molar-refractivity contribution is 7.99. The van der Waals surface area contributed by atoms with Crippen LogP contribution < -0.4 is 0 Å². The third-order valence-electron chi connectivity index (χ3n) is 3.13. The maximum atomic E-state index is 9.87. The van der Waals surface area contributed by atoms with E-state index in [-0.39, 0.29) is 6.29 Å². The first-order chi connectivity index (χ1) is 10.3. The van der Waals surface area contributed by atoms with E-state index in [2.05, 4.69) is 11.8 Å². The third kappa shape index (κ3) is 7.01. The molecule has 1 aliphatic heterocycles. The summed E-state index contributed by atoms with van der Waals surface area (Å²) in [7, 11) is 0. The molecule has 0 spiro atoms. The minimum atomic E-state index is -0.409.